The van der Waals surface area contributed by atoms with Gasteiger partial charge in [0.15, 0.2) is 0 Å². The van der Waals surface area contributed by atoms with Gasteiger partial charge in [-0.05, 0) is 79.2 Å². The molecule has 1 saturated carbocycles. The third-order valence-corrected chi connectivity index (χ3v) is 6.24. The summed E-state index contributed by atoms with van der Waals surface area (Å²) in [6.07, 6.45) is 13.0. The molecule has 0 heterocycles. The molecule has 2 aromatic rings. The molecule has 2 aromatic carbocycles. The summed E-state index contributed by atoms with van der Waals surface area (Å²) in [6, 6.07) is 17.5. The minimum Gasteiger partial charge on any atom is -0.494 e. The van der Waals surface area contributed by atoms with Crippen LogP contribution in [-0.2, 0) is 0 Å². The van der Waals surface area contributed by atoms with E-state index in [0.717, 1.165) is 25.2 Å². The van der Waals surface area contributed by atoms with Crippen LogP contribution in [0.15, 0.2) is 60.9 Å². The number of halogens is 1. The first-order valence-electron chi connectivity index (χ1n) is 11.4. The summed E-state index contributed by atoms with van der Waals surface area (Å²) < 4.78 is 18.0. The van der Waals surface area contributed by atoms with Gasteiger partial charge in [0.2, 0.25) is 0 Å². The molecule has 2 heteroatoms. The van der Waals surface area contributed by atoms with Crippen molar-refractivity contribution in [2.24, 2.45) is 5.92 Å². The second kappa shape index (κ2) is 11.8. The third-order valence-electron chi connectivity index (χ3n) is 6.24. The van der Waals surface area contributed by atoms with Crippen molar-refractivity contribution in [2.45, 2.75) is 70.6 Å². The van der Waals surface area contributed by atoms with Crippen LogP contribution in [0.1, 0.15) is 76.2 Å². The number of hydrogen-bond acceptors (Lipinski definition) is 1. The van der Waals surface area contributed by atoms with Crippen molar-refractivity contribution in [1.82, 2.24) is 0 Å². The van der Waals surface area contributed by atoms with Crippen LogP contribution in [-0.4, -0.2) is 6.61 Å². The van der Waals surface area contributed by atoms with E-state index in [4.69, 9.17) is 4.74 Å². The molecule has 156 valence electrons. The van der Waals surface area contributed by atoms with Gasteiger partial charge in [-0.25, -0.2) is 4.39 Å². The van der Waals surface area contributed by atoms with E-state index < -0.39 is 0 Å². The standard InChI is InChI=1S/C27H35FO/c1-2-3-4-5-21-29-27-18-16-26(17-19-27)25-14-12-24(13-15-25)23-10-8-22(9-11-23)7-6-20-28/h6,12-20,22-23H,2-5,7-11,21H2,1H3/b20-6+/t22-,23-. The van der Waals surface area contributed by atoms with Gasteiger partial charge in [0.25, 0.3) is 0 Å². The lowest BCUT2D eigenvalue weighted by atomic mass is 9.77. The Balaban J connectivity index is 1.50. The summed E-state index contributed by atoms with van der Waals surface area (Å²) in [5.74, 6) is 2.27. The molecule has 1 aliphatic rings. The molecule has 0 atom stereocenters. The zero-order valence-corrected chi connectivity index (χ0v) is 17.8. The molecular formula is C27H35FO. The second-order valence-electron chi connectivity index (χ2n) is 8.37. The molecule has 0 N–H and O–H groups in total. The Labute approximate surface area is 176 Å². The van der Waals surface area contributed by atoms with Crippen LogP contribution < -0.4 is 4.74 Å². The number of rotatable bonds is 10. The van der Waals surface area contributed by atoms with Crippen LogP contribution in [0.3, 0.4) is 0 Å². The van der Waals surface area contributed by atoms with E-state index in [2.05, 4.69) is 55.5 Å². The van der Waals surface area contributed by atoms with Crippen molar-refractivity contribution in [2.75, 3.05) is 6.61 Å². The maximum Gasteiger partial charge on any atom is 0.119 e. The van der Waals surface area contributed by atoms with Gasteiger partial charge in [-0.3, -0.25) is 0 Å². The molecular weight excluding hydrogens is 359 g/mol. The normalized spacial score (nSPS) is 19.5. The van der Waals surface area contributed by atoms with Gasteiger partial charge in [0.05, 0.1) is 12.9 Å². The number of benzene rings is 2. The molecule has 1 nitrogen and oxygen atoms in total. The van der Waals surface area contributed by atoms with E-state index >= 15 is 0 Å². The lowest BCUT2D eigenvalue weighted by Crippen LogP contribution is -2.12. The highest BCUT2D eigenvalue weighted by molar-refractivity contribution is 5.64. The van der Waals surface area contributed by atoms with Crippen molar-refractivity contribution in [3.63, 3.8) is 0 Å². The zero-order chi connectivity index (χ0) is 20.3. The monoisotopic (exact) mass is 394 g/mol. The first-order valence-corrected chi connectivity index (χ1v) is 11.4. The van der Waals surface area contributed by atoms with Gasteiger partial charge in [-0.15, -0.1) is 0 Å². The van der Waals surface area contributed by atoms with E-state index in [9.17, 15) is 4.39 Å². The number of allylic oxidation sites excluding steroid dienone is 1. The molecule has 1 fully saturated rings. The molecule has 0 aliphatic heterocycles. The smallest absolute Gasteiger partial charge is 0.119 e. The highest BCUT2D eigenvalue weighted by Crippen LogP contribution is 2.37. The Morgan fingerprint density at radius 3 is 2.14 bits per heavy atom. The summed E-state index contributed by atoms with van der Waals surface area (Å²) in [5, 5.41) is 0. The lowest BCUT2D eigenvalue weighted by molar-refractivity contribution is 0.305. The second-order valence-corrected chi connectivity index (χ2v) is 8.37. The highest BCUT2D eigenvalue weighted by Gasteiger charge is 2.21. The van der Waals surface area contributed by atoms with Gasteiger partial charge >= 0.3 is 0 Å². The minimum absolute atomic E-state index is 0.651. The molecule has 3 rings (SSSR count). The lowest BCUT2D eigenvalue weighted by Gasteiger charge is -2.28. The molecule has 1 aliphatic carbocycles. The van der Waals surface area contributed by atoms with Crippen LogP contribution in [0.5, 0.6) is 5.75 Å². The van der Waals surface area contributed by atoms with Gasteiger partial charge in [0.1, 0.15) is 5.75 Å². The maximum atomic E-state index is 12.2. The number of hydrogen-bond donors (Lipinski definition) is 0. The Morgan fingerprint density at radius 2 is 1.52 bits per heavy atom. The van der Waals surface area contributed by atoms with Crippen molar-refractivity contribution in [1.29, 1.82) is 0 Å². The van der Waals surface area contributed by atoms with Crippen LogP contribution >= 0.6 is 0 Å². The molecule has 0 unspecified atom stereocenters. The Hall–Kier alpha value is -2.09. The summed E-state index contributed by atoms with van der Waals surface area (Å²) in [7, 11) is 0. The van der Waals surface area contributed by atoms with Crippen LogP contribution in [0, 0.1) is 5.92 Å². The predicted octanol–water partition coefficient (Wildman–Crippen LogP) is 8.46. The van der Waals surface area contributed by atoms with E-state index in [1.807, 2.05) is 0 Å². The largest absolute Gasteiger partial charge is 0.494 e. The van der Waals surface area contributed by atoms with Crippen LogP contribution in [0.4, 0.5) is 4.39 Å². The van der Waals surface area contributed by atoms with Gasteiger partial charge in [-0.1, -0.05) is 68.7 Å². The Kier molecular flexibility index (Phi) is 8.80. The van der Waals surface area contributed by atoms with Gasteiger partial charge in [0, 0.05) is 0 Å². The fourth-order valence-corrected chi connectivity index (χ4v) is 4.39. The van der Waals surface area contributed by atoms with Crippen molar-refractivity contribution in [3.8, 4) is 16.9 Å². The first kappa shape index (κ1) is 21.6. The first-order chi connectivity index (χ1) is 14.3. The molecule has 0 aromatic heterocycles. The Bertz CT molecular complexity index is 724. The van der Waals surface area contributed by atoms with E-state index in [1.165, 1.54) is 61.6 Å². The molecule has 29 heavy (non-hydrogen) atoms. The fourth-order valence-electron chi connectivity index (χ4n) is 4.39. The fraction of sp³-hybridized carbons (Fsp3) is 0.481. The molecule has 0 amide bonds. The van der Waals surface area contributed by atoms with Crippen molar-refractivity contribution in [3.05, 3.63) is 66.5 Å². The Morgan fingerprint density at radius 1 is 0.862 bits per heavy atom. The van der Waals surface area contributed by atoms with E-state index in [1.54, 1.807) is 6.08 Å². The molecule has 0 saturated heterocycles. The predicted molar refractivity (Wildman–Crippen MR) is 121 cm³/mol. The van der Waals surface area contributed by atoms with Crippen molar-refractivity contribution >= 4 is 0 Å². The molecule has 0 spiro atoms. The van der Waals surface area contributed by atoms with Crippen LogP contribution in [0.25, 0.3) is 11.1 Å². The van der Waals surface area contributed by atoms with Gasteiger partial charge in [-0.2, -0.15) is 0 Å². The van der Waals surface area contributed by atoms with Crippen LogP contribution in [0.2, 0.25) is 0 Å². The summed E-state index contributed by atoms with van der Waals surface area (Å²) in [5.41, 5.74) is 3.93. The average molecular weight is 395 g/mol. The van der Waals surface area contributed by atoms with E-state index in [0.29, 0.717) is 18.2 Å². The quantitative estimate of drug-likeness (QED) is 0.367. The summed E-state index contributed by atoms with van der Waals surface area (Å²) >= 11 is 0. The highest BCUT2D eigenvalue weighted by atomic mass is 19.1. The van der Waals surface area contributed by atoms with Crippen molar-refractivity contribution < 1.29 is 9.13 Å². The minimum atomic E-state index is 0.651. The average Bonchev–Trinajstić information content (AvgIpc) is 2.78. The number of ether oxygens (including phenoxy) is 1. The van der Waals surface area contributed by atoms with Gasteiger partial charge < -0.3 is 4.74 Å². The zero-order valence-electron chi connectivity index (χ0n) is 17.8. The maximum absolute atomic E-state index is 12.2. The number of unbranched alkanes of at least 4 members (excludes halogenated alkanes) is 3. The third kappa shape index (κ3) is 6.73. The SMILES string of the molecule is CCCCCCOc1ccc(-c2ccc([C@H]3CC[C@H](C/C=C/F)CC3)cc2)cc1. The summed E-state index contributed by atoms with van der Waals surface area (Å²) in [4.78, 5) is 0. The van der Waals surface area contributed by atoms with E-state index in [-0.39, 0.29) is 0 Å². The molecule has 0 bridgehead atoms. The molecule has 0 radical (unpaired) electrons. The topological polar surface area (TPSA) is 9.23 Å². The summed E-state index contributed by atoms with van der Waals surface area (Å²) in [6.45, 7) is 3.03.